The number of aliphatic hydroxyl groups excluding tert-OH is 1. The van der Waals surface area contributed by atoms with Crippen molar-refractivity contribution in [1.29, 1.82) is 0 Å². The molecule has 4 unspecified atom stereocenters. The standard InChI is InChI=1S/C34H50N2O7/c1-38-16-4-14-36-15-19-41-32-13-8-25(20-30(32)36)24-42-33-23-35-22-31(37)34(33)26-9-11-27(12-10-26)43-29-7-3-6-28(21-29)40-18-5-17-39-2/h8-13,20,28-29,31,33-35,37H,3-7,14-19,21-24H2,1-2H3/t28?,29?,31?,33?,34-/m0/s1. The quantitative estimate of drug-likeness (QED) is 0.291. The minimum absolute atomic E-state index is 0.124. The number of hydrogen-bond acceptors (Lipinski definition) is 9. The van der Waals surface area contributed by atoms with Gasteiger partial charge in [0.1, 0.15) is 24.2 Å². The van der Waals surface area contributed by atoms with Crippen LogP contribution in [0.5, 0.6) is 11.5 Å². The first-order valence-electron chi connectivity index (χ1n) is 16.0. The Hall–Kier alpha value is -2.40. The highest BCUT2D eigenvalue weighted by Gasteiger charge is 2.34. The third-order valence-corrected chi connectivity index (χ3v) is 8.73. The van der Waals surface area contributed by atoms with Gasteiger partial charge < -0.3 is 43.7 Å². The van der Waals surface area contributed by atoms with Crippen LogP contribution in [0.25, 0.3) is 0 Å². The van der Waals surface area contributed by atoms with Gasteiger partial charge in [-0.25, -0.2) is 0 Å². The van der Waals surface area contributed by atoms with E-state index >= 15 is 0 Å². The predicted octanol–water partition coefficient (Wildman–Crippen LogP) is 4.30. The van der Waals surface area contributed by atoms with Crippen LogP contribution in [0.15, 0.2) is 42.5 Å². The Morgan fingerprint density at radius 1 is 0.930 bits per heavy atom. The summed E-state index contributed by atoms with van der Waals surface area (Å²) in [6.07, 6.45) is 5.77. The van der Waals surface area contributed by atoms with E-state index in [1.54, 1.807) is 14.2 Å². The van der Waals surface area contributed by atoms with E-state index in [4.69, 9.17) is 28.4 Å². The van der Waals surface area contributed by atoms with Crippen LogP contribution in [0.1, 0.15) is 55.6 Å². The molecule has 1 saturated carbocycles. The number of β-amino-alcohol motifs (C(OH)–C–C–N with tert-alkyl or cyclic N) is 1. The fraction of sp³-hybridized carbons (Fsp3) is 0.647. The molecule has 1 aliphatic carbocycles. The fourth-order valence-electron chi connectivity index (χ4n) is 6.49. The first-order chi connectivity index (χ1) is 21.1. The second-order valence-corrected chi connectivity index (χ2v) is 11.9. The lowest BCUT2D eigenvalue weighted by Gasteiger charge is -2.36. The van der Waals surface area contributed by atoms with E-state index in [2.05, 4.69) is 34.5 Å². The number of fused-ring (bicyclic) bond motifs is 1. The molecule has 2 aromatic carbocycles. The highest BCUT2D eigenvalue weighted by molar-refractivity contribution is 5.61. The molecule has 9 heteroatoms. The van der Waals surface area contributed by atoms with Gasteiger partial charge in [-0.3, -0.25) is 0 Å². The lowest BCUT2D eigenvalue weighted by molar-refractivity contribution is -0.0328. The number of hydrogen-bond donors (Lipinski definition) is 2. The Bertz CT molecular complexity index is 1100. The molecule has 0 spiro atoms. The van der Waals surface area contributed by atoms with Gasteiger partial charge in [0.15, 0.2) is 0 Å². The molecule has 3 aliphatic rings. The molecule has 43 heavy (non-hydrogen) atoms. The molecular weight excluding hydrogens is 548 g/mol. The lowest BCUT2D eigenvalue weighted by atomic mass is 9.85. The summed E-state index contributed by atoms with van der Waals surface area (Å²) in [6.45, 7) is 6.39. The van der Waals surface area contributed by atoms with Gasteiger partial charge >= 0.3 is 0 Å². The van der Waals surface area contributed by atoms with Crippen molar-refractivity contribution in [3.05, 3.63) is 53.6 Å². The number of nitrogens with zero attached hydrogens (tertiary/aromatic N) is 1. The zero-order valence-corrected chi connectivity index (χ0v) is 25.9. The zero-order chi connectivity index (χ0) is 29.9. The van der Waals surface area contributed by atoms with Crippen LogP contribution in [0, 0.1) is 0 Å². The molecule has 2 heterocycles. The SMILES string of the molecule is COCCCOC1CCCC(Oc2ccc([C@H]3C(O)CNCC3OCc3ccc4c(c3)N(CCCOC)CCO4)cc2)C1. The Labute approximate surface area is 256 Å². The molecular formula is C34H50N2O7. The van der Waals surface area contributed by atoms with Crippen molar-refractivity contribution < 1.29 is 33.5 Å². The van der Waals surface area contributed by atoms with Gasteiger partial charge in [-0.2, -0.15) is 0 Å². The third-order valence-electron chi connectivity index (χ3n) is 8.73. The molecule has 0 amide bonds. The zero-order valence-electron chi connectivity index (χ0n) is 25.9. The number of nitrogens with one attached hydrogen (secondary N) is 1. The Morgan fingerprint density at radius 2 is 1.74 bits per heavy atom. The first kappa shape index (κ1) is 32.0. The fourth-order valence-corrected chi connectivity index (χ4v) is 6.49. The summed E-state index contributed by atoms with van der Waals surface area (Å²) < 4.78 is 35.2. The molecule has 2 aromatic rings. The second kappa shape index (κ2) is 16.6. The summed E-state index contributed by atoms with van der Waals surface area (Å²) in [4.78, 5) is 2.36. The summed E-state index contributed by atoms with van der Waals surface area (Å²) in [5.74, 6) is 1.66. The molecule has 2 N–H and O–H groups in total. The summed E-state index contributed by atoms with van der Waals surface area (Å²) in [5, 5.41) is 14.4. The molecule has 5 rings (SSSR count). The average molecular weight is 599 g/mol. The van der Waals surface area contributed by atoms with Gasteiger partial charge in [0, 0.05) is 66.0 Å². The molecule has 2 fully saturated rings. The van der Waals surface area contributed by atoms with E-state index < -0.39 is 6.10 Å². The van der Waals surface area contributed by atoms with Crippen molar-refractivity contribution >= 4 is 5.69 Å². The molecule has 238 valence electrons. The smallest absolute Gasteiger partial charge is 0.142 e. The first-order valence-corrected chi connectivity index (χ1v) is 16.0. The summed E-state index contributed by atoms with van der Waals surface area (Å²) >= 11 is 0. The topological polar surface area (TPSA) is 90.9 Å². The summed E-state index contributed by atoms with van der Waals surface area (Å²) in [5.41, 5.74) is 3.27. The van der Waals surface area contributed by atoms with Crippen LogP contribution in [-0.4, -0.2) is 96.3 Å². The predicted molar refractivity (Wildman–Crippen MR) is 166 cm³/mol. The molecule has 1 saturated heterocycles. The van der Waals surface area contributed by atoms with Gasteiger partial charge in [0.05, 0.1) is 37.2 Å². The number of piperidine rings is 1. The van der Waals surface area contributed by atoms with Gasteiger partial charge in [-0.1, -0.05) is 18.2 Å². The number of rotatable bonds is 15. The van der Waals surface area contributed by atoms with Crippen LogP contribution in [-0.2, 0) is 25.6 Å². The average Bonchev–Trinajstić information content (AvgIpc) is 3.03. The summed E-state index contributed by atoms with van der Waals surface area (Å²) in [6, 6.07) is 14.5. The number of methoxy groups -OCH3 is 2. The number of aliphatic hydroxyl groups is 1. The normalized spacial score (nSPS) is 25.7. The highest BCUT2D eigenvalue weighted by Crippen LogP contribution is 2.35. The van der Waals surface area contributed by atoms with Crippen molar-refractivity contribution in [3.63, 3.8) is 0 Å². The van der Waals surface area contributed by atoms with E-state index in [-0.39, 0.29) is 24.2 Å². The molecule has 0 aromatic heterocycles. The van der Waals surface area contributed by atoms with Crippen LogP contribution >= 0.6 is 0 Å². The van der Waals surface area contributed by atoms with Crippen LogP contribution in [0.2, 0.25) is 0 Å². The monoisotopic (exact) mass is 598 g/mol. The van der Waals surface area contributed by atoms with E-state index in [9.17, 15) is 5.11 Å². The number of ether oxygens (including phenoxy) is 6. The number of benzene rings is 2. The van der Waals surface area contributed by atoms with Crippen LogP contribution in [0.3, 0.4) is 0 Å². The Morgan fingerprint density at radius 3 is 2.58 bits per heavy atom. The lowest BCUT2D eigenvalue weighted by Crippen LogP contribution is -2.49. The maximum atomic E-state index is 11.0. The largest absolute Gasteiger partial charge is 0.490 e. The maximum Gasteiger partial charge on any atom is 0.142 e. The van der Waals surface area contributed by atoms with Crippen molar-refractivity contribution in [2.24, 2.45) is 0 Å². The highest BCUT2D eigenvalue weighted by atomic mass is 16.5. The van der Waals surface area contributed by atoms with Gasteiger partial charge in [-0.05, 0) is 67.5 Å². The van der Waals surface area contributed by atoms with Crippen LogP contribution < -0.4 is 19.7 Å². The molecule has 0 radical (unpaired) electrons. The second-order valence-electron chi connectivity index (χ2n) is 11.9. The van der Waals surface area contributed by atoms with Crippen molar-refractivity contribution in [2.45, 2.75) is 75.5 Å². The Balaban J connectivity index is 1.17. The minimum atomic E-state index is -0.534. The Kier molecular flexibility index (Phi) is 12.4. The minimum Gasteiger partial charge on any atom is -0.490 e. The third kappa shape index (κ3) is 9.06. The molecule has 9 nitrogen and oxygen atoms in total. The van der Waals surface area contributed by atoms with E-state index in [0.717, 1.165) is 99.7 Å². The summed E-state index contributed by atoms with van der Waals surface area (Å²) in [7, 11) is 3.46. The van der Waals surface area contributed by atoms with Crippen molar-refractivity contribution in [1.82, 2.24) is 5.32 Å². The van der Waals surface area contributed by atoms with Gasteiger partial charge in [-0.15, -0.1) is 0 Å². The van der Waals surface area contributed by atoms with Crippen LogP contribution in [0.4, 0.5) is 5.69 Å². The molecule has 0 bridgehead atoms. The van der Waals surface area contributed by atoms with E-state index in [0.29, 0.717) is 26.3 Å². The van der Waals surface area contributed by atoms with E-state index in [1.165, 1.54) is 0 Å². The molecule has 5 atom stereocenters. The number of anilines is 1. The van der Waals surface area contributed by atoms with Crippen molar-refractivity contribution in [3.8, 4) is 11.5 Å². The van der Waals surface area contributed by atoms with E-state index in [1.807, 2.05) is 18.2 Å². The maximum absolute atomic E-state index is 11.0. The van der Waals surface area contributed by atoms with Gasteiger partial charge in [0.25, 0.3) is 0 Å². The molecule has 2 aliphatic heterocycles. The van der Waals surface area contributed by atoms with Crippen molar-refractivity contribution in [2.75, 3.05) is 71.7 Å². The van der Waals surface area contributed by atoms with Gasteiger partial charge in [0.2, 0.25) is 0 Å².